The van der Waals surface area contributed by atoms with Crippen LogP contribution in [0.4, 0.5) is 0 Å². The summed E-state index contributed by atoms with van der Waals surface area (Å²) in [5.41, 5.74) is 5.74. The first-order valence-electron chi connectivity index (χ1n) is 10.2. The van der Waals surface area contributed by atoms with Crippen LogP contribution >= 0.6 is 0 Å². The molecule has 0 aromatic heterocycles. The molecular formula is C19H37NO8. The molecule has 9 nitrogen and oxygen atoms in total. The molecule has 0 spiro atoms. The molecule has 1 aliphatic heterocycles. The zero-order valence-electron chi connectivity index (χ0n) is 16.7. The lowest BCUT2D eigenvalue weighted by Gasteiger charge is -2.40. The van der Waals surface area contributed by atoms with Gasteiger partial charge in [-0.15, -0.1) is 0 Å². The minimum atomic E-state index is -1.33. The van der Waals surface area contributed by atoms with E-state index in [9.17, 15) is 20.1 Å². The number of rotatable bonds is 14. The van der Waals surface area contributed by atoms with Crippen LogP contribution in [0.25, 0.3) is 0 Å². The van der Waals surface area contributed by atoms with E-state index < -0.39 is 43.4 Å². The van der Waals surface area contributed by atoms with Gasteiger partial charge in [-0.25, -0.2) is 0 Å². The summed E-state index contributed by atoms with van der Waals surface area (Å²) in [4.78, 5) is 11.7. The maximum absolute atomic E-state index is 11.7. The van der Waals surface area contributed by atoms with Gasteiger partial charge in [0.15, 0.2) is 6.29 Å². The van der Waals surface area contributed by atoms with Gasteiger partial charge in [-0.2, -0.15) is 0 Å². The van der Waals surface area contributed by atoms with E-state index in [0.29, 0.717) is 6.42 Å². The highest BCUT2D eigenvalue weighted by atomic mass is 16.7. The maximum Gasteiger partial charge on any atom is 0.305 e. The van der Waals surface area contributed by atoms with Crippen molar-refractivity contribution in [1.29, 1.82) is 0 Å². The summed E-state index contributed by atoms with van der Waals surface area (Å²) in [5, 5.41) is 38.6. The number of unbranched alkanes of at least 4 members (excludes halogenated alkanes) is 6. The number of carbonyl (C=O) groups is 1. The van der Waals surface area contributed by atoms with Crippen LogP contribution in [0.15, 0.2) is 0 Å². The van der Waals surface area contributed by atoms with Gasteiger partial charge in [0.2, 0.25) is 0 Å². The largest absolute Gasteiger partial charge is 0.463 e. The lowest BCUT2D eigenvalue weighted by atomic mass is 9.98. The Morgan fingerprint density at radius 2 is 1.71 bits per heavy atom. The fourth-order valence-electron chi connectivity index (χ4n) is 3.00. The molecule has 1 fully saturated rings. The predicted molar refractivity (Wildman–Crippen MR) is 101 cm³/mol. The highest BCUT2D eigenvalue weighted by molar-refractivity contribution is 5.69. The minimum absolute atomic E-state index is 0.216. The van der Waals surface area contributed by atoms with Gasteiger partial charge in [0, 0.05) is 6.42 Å². The molecule has 6 atom stereocenters. The van der Waals surface area contributed by atoms with E-state index in [0.717, 1.165) is 19.3 Å². The molecule has 0 saturated carbocycles. The Morgan fingerprint density at radius 3 is 2.36 bits per heavy atom. The van der Waals surface area contributed by atoms with Gasteiger partial charge in [0.25, 0.3) is 0 Å². The summed E-state index contributed by atoms with van der Waals surface area (Å²) in [6.45, 7) is 1.21. The van der Waals surface area contributed by atoms with Gasteiger partial charge in [-0.05, 0) is 6.42 Å². The molecule has 0 aromatic carbocycles. The third-order valence-electron chi connectivity index (χ3n) is 4.80. The van der Waals surface area contributed by atoms with Crippen LogP contribution in [0, 0.1) is 0 Å². The van der Waals surface area contributed by atoms with Crippen molar-refractivity contribution in [3.8, 4) is 0 Å². The van der Waals surface area contributed by atoms with Gasteiger partial charge in [0.1, 0.15) is 31.0 Å². The molecule has 0 aliphatic carbocycles. The molecule has 6 N–H and O–H groups in total. The average Bonchev–Trinajstić information content (AvgIpc) is 2.69. The number of esters is 1. The minimum Gasteiger partial charge on any atom is -0.463 e. The summed E-state index contributed by atoms with van der Waals surface area (Å²) in [6.07, 6.45) is 2.21. The summed E-state index contributed by atoms with van der Waals surface area (Å²) < 4.78 is 15.6. The van der Waals surface area contributed by atoms with Crippen LogP contribution in [0.2, 0.25) is 0 Å². The second-order valence-electron chi connectivity index (χ2n) is 7.33. The number of hydrogen-bond donors (Lipinski definition) is 5. The van der Waals surface area contributed by atoms with Crippen molar-refractivity contribution >= 4 is 5.97 Å². The quantitative estimate of drug-likeness (QED) is 0.195. The fraction of sp³-hybridized carbons (Fsp3) is 0.947. The smallest absolute Gasteiger partial charge is 0.305 e. The van der Waals surface area contributed by atoms with E-state index in [4.69, 9.17) is 25.1 Å². The van der Waals surface area contributed by atoms with Crippen molar-refractivity contribution in [2.45, 2.75) is 95.0 Å². The van der Waals surface area contributed by atoms with Gasteiger partial charge in [-0.1, -0.05) is 45.4 Å². The normalized spacial score (nSPS) is 28.9. The molecule has 1 unspecified atom stereocenters. The summed E-state index contributed by atoms with van der Waals surface area (Å²) >= 11 is 0. The molecule has 1 heterocycles. The third kappa shape index (κ3) is 9.13. The lowest BCUT2D eigenvalue weighted by Crippen LogP contribution is -2.62. The SMILES string of the molecule is CCCCCCCCCC(=O)OCC(O)CO[C@@H]1O[C@H](CO)[C@@H](O)[C@H](O)[C@@H]1N. The Labute approximate surface area is 166 Å². The van der Waals surface area contributed by atoms with Gasteiger partial charge in [-0.3, -0.25) is 4.79 Å². The van der Waals surface area contributed by atoms with Crippen molar-refractivity contribution in [2.75, 3.05) is 19.8 Å². The molecule has 0 bridgehead atoms. The van der Waals surface area contributed by atoms with E-state index in [2.05, 4.69) is 6.92 Å². The maximum atomic E-state index is 11.7. The van der Waals surface area contributed by atoms with Gasteiger partial charge < -0.3 is 40.4 Å². The highest BCUT2D eigenvalue weighted by Gasteiger charge is 2.43. The number of aliphatic hydroxyl groups is 4. The van der Waals surface area contributed by atoms with Crippen LogP contribution in [0.3, 0.4) is 0 Å². The van der Waals surface area contributed by atoms with Gasteiger partial charge >= 0.3 is 5.97 Å². The molecule has 1 saturated heterocycles. The third-order valence-corrected chi connectivity index (χ3v) is 4.80. The Morgan fingerprint density at radius 1 is 1.07 bits per heavy atom. The monoisotopic (exact) mass is 407 g/mol. The van der Waals surface area contributed by atoms with E-state index in [-0.39, 0.29) is 19.2 Å². The number of carbonyl (C=O) groups excluding carboxylic acids is 1. The van der Waals surface area contributed by atoms with Crippen LogP contribution in [0.1, 0.15) is 58.3 Å². The van der Waals surface area contributed by atoms with Crippen LogP contribution in [-0.4, -0.2) is 83.0 Å². The van der Waals surface area contributed by atoms with Crippen molar-refractivity contribution in [3.63, 3.8) is 0 Å². The Kier molecular flexibility index (Phi) is 12.8. The van der Waals surface area contributed by atoms with Crippen LogP contribution in [-0.2, 0) is 19.0 Å². The predicted octanol–water partition coefficient (Wildman–Crippen LogP) is -0.186. The first kappa shape index (κ1) is 25.2. The summed E-state index contributed by atoms with van der Waals surface area (Å²) in [6, 6.07) is -1.04. The molecule has 1 rings (SSSR count). The first-order chi connectivity index (χ1) is 13.4. The van der Waals surface area contributed by atoms with E-state index in [1.54, 1.807) is 0 Å². The second kappa shape index (κ2) is 14.2. The second-order valence-corrected chi connectivity index (χ2v) is 7.33. The Hall–Kier alpha value is -0.810. The zero-order chi connectivity index (χ0) is 20.9. The molecule has 1 aliphatic rings. The van der Waals surface area contributed by atoms with Crippen molar-refractivity contribution in [1.82, 2.24) is 0 Å². The van der Waals surface area contributed by atoms with E-state index in [1.165, 1.54) is 25.7 Å². The van der Waals surface area contributed by atoms with Crippen LogP contribution in [0.5, 0.6) is 0 Å². The fourth-order valence-corrected chi connectivity index (χ4v) is 3.00. The molecular weight excluding hydrogens is 370 g/mol. The van der Waals surface area contributed by atoms with Crippen molar-refractivity contribution < 1.29 is 39.4 Å². The number of hydrogen-bond acceptors (Lipinski definition) is 9. The molecule has 28 heavy (non-hydrogen) atoms. The highest BCUT2D eigenvalue weighted by Crippen LogP contribution is 2.20. The Balaban J connectivity index is 2.15. The van der Waals surface area contributed by atoms with Crippen molar-refractivity contribution in [3.05, 3.63) is 0 Å². The molecule has 0 amide bonds. The Bertz CT molecular complexity index is 423. The van der Waals surface area contributed by atoms with Gasteiger partial charge in [0.05, 0.1) is 19.3 Å². The number of nitrogens with two attached hydrogens (primary N) is 1. The van der Waals surface area contributed by atoms with E-state index >= 15 is 0 Å². The molecule has 9 heteroatoms. The first-order valence-corrected chi connectivity index (χ1v) is 10.2. The van der Waals surface area contributed by atoms with E-state index in [1.807, 2.05) is 0 Å². The standard InChI is InChI=1S/C19H37NO8/c1-2-3-4-5-6-7-8-9-15(23)26-11-13(22)12-27-19-16(20)18(25)17(24)14(10-21)28-19/h13-14,16-19,21-22,24-25H,2-12,20H2,1H3/t13?,14-,16+,17-,18-,19-/m1/s1. The van der Waals surface area contributed by atoms with Crippen molar-refractivity contribution in [2.24, 2.45) is 5.73 Å². The zero-order valence-corrected chi connectivity index (χ0v) is 16.7. The topological polar surface area (TPSA) is 152 Å². The molecule has 0 aromatic rings. The molecule has 0 radical (unpaired) electrons. The summed E-state index contributed by atoms with van der Waals surface area (Å²) in [7, 11) is 0. The summed E-state index contributed by atoms with van der Waals surface area (Å²) in [5.74, 6) is -0.364. The number of aliphatic hydroxyl groups excluding tert-OH is 4. The van der Waals surface area contributed by atoms with Crippen LogP contribution < -0.4 is 5.73 Å². The number of ether oxygens (including phenoxy) is 3. The lowest BCUT2D eigenvalue weighted by molar-refractivity contribution is -0.270. The molecule has 166 valence electrons. The average molecular weight is 408 g/mol.